The van der Waals surface area contributed by atoms with Crippen LogP contribution in [0.1, 0.15) is 36.8 Å². The number of hydrogen-bond donors (Lipinski definition) is 1. The molecule has 3 aromatic rings. The summed E-state index contributed by atoms with van der Waals surface area (Å²) in [6, 6.07) is 23.9. The van der Waals surface area contributed by atoms with E-state index in [2.05, 4.69) is 0 Å². The summed E-state index contributed by atoms with van der Waals surface area (Å²) in [6.07, 6.45) is 2.55. The molecule has 1 amide bonds. The zero-order valence-corrected chi connectivity index (χ0v) is 24.0. The quantitative estimate of drug-likeness (QED) is 0.223. The summed E-state index contributed by atoms with van der Waals surface area (Å²) in [4.78, 5) is 26.8. The van der Waals surface area contributed by atoms with Crippen LogP contribution >= 0.6 is 23.2 Å². The molecule has 0 radical (unpaired) electrons. The van der Waals surface area contributed by atoms with Crippen molar-refractivity contribution in [3.63, 3.8) is 0 Å². The molecule has 0 bridgehead atoms. The first-order valence-electron chi connectivity index (χ1n) is 12.9. The Morgan fingerprint density at radius 1 is 0.795 bits per heavy atom. The highest BCUT2D eigenvalue weighted by Gasteiger charge is 2.31. The van der Waals surface area contributed by atoms with Gasteiger partial charge in [0.1, 0.15) is 0 Å². The SMILES string of the molecule is O=C(O)CCC(CS(=O)(=O)c1ccc(Cl)c(Cl)c1)C(=O)N(CCCc1ccccc1)CCCc1ccccc1. The third-order valence-electron chi connectivity index (χ3n) is 6.51. The molecule has 1 atom stereocenters. The average molecular weight is 591 g/mol. The summed E-state index contributed by atoms with van der Waals surface area (Å²) in [5, 5.41) is 9.61. The lowest BCUT2D eigenvalue weighted by molar-refractivity contribution is -0.138. The Morgan fingerprint density at radius 2 is 1.33 bits per heavy atom. The van der Waals surface area contributed by atoms with Crippen LogP contribution in [0, 0.1) is 5.92 Å². The van der Waals surface area contributed by atoms with Crippen LogP contribution in [0.15, 0.2) is 83.8 Å². The highest BCUT2D eigenvalue weighted by molar-refractivity contribution is 7.91. The Kier molecular flexibility index (Phi) is 11.8. The van der Waals surface area contributed by atoms with Gasteiger partial charge in [-0.15, -0.1) is 0 Å². The normalized spacial score (nSPS) is 12.2. The minimum absolute atomic E-state index is 0.0512. The Hall–Kier alpha value is -2.87. The van der Waals surface area contributed by atoms with Crippen LogP contribution in [0.5, 0.6) is 0 Å². The molecular weight excluding hydrogens is 557 g/mol. The predicted octanol–water partition coefficient (Wildman–Crippen LogP) is 6.34. The first-order chi connectivity index (χ1) is 18.7. The molecule has 1 N–H and O–H groups in total. The monoisotopic (exact) mass is 589 g/mol. The van der Waals surface area contributed by atoms with Crippen molar-refractivity contribution >= 4 is 44.9 Å². The Balaban J connectivity index is 1.78. The van der Waals surface area contributed by atoms with Crippen LogP contribution in [0.4, 0.5) is 0 Å². The number of carbonyl (C=O) groups excluding carboxylic acids is 1. The number of rotatable bonds is 15. The molecule has 0 aromatic heterocycles. The second-order valence-electron chi connectivity index (χ2n) is 9.49. The van der Waals surface area contributed by atoms with Crippen molar-refractivity contribution in [1.29, 1.82) is 0 Å². The van der Waals surface area contributed by atoms with Crippen molar-refractivity contribution < 1.29 is 23.1 Å². The minimum atomic E-state index is -3.94. The van der Waals surface area contributed by atoms with Crippen molar-refractivity contribution in [2.45, 2.75) is 43.4 Å². The summed E-state index contributed by atoms with van der Waals surface area (Å²) in [6.45, 7) is 0.887. The van der Waals surface area contributed by atoms with Crippen LogP contribution in [0.2, 0.25) is 10.0 Å². The Bertz CT molecular complexity index is 1290. The molecule has 3 aromatic carbocycles. The molecular formula is C30H33Cl2NO5S. The molecule has 0 fully saturated rings. The number of nitrogens with zero attached hydrogens (tertiary/aromatic N) is 1. The topological polar surface area (TPSA) is 91.7 Å². The van der Waals surface area contributed by atoms with Gasteiger partial charge < -0.3 is 10.0 Å². The number of amides is 1. The maximum absolute atomic E-state index is 13.8. The molecule has 3 rings (SSSR count). The summed E-state index contributed by atoms with van der Waals surface area (Å²) in [5.41, 5.74) is 2.30. The van der Waals surface area contributed by atoms with Crippen LogP contribution in [0.3, 0.4) is 0 Å². The first-order valence-corrected chi connectivity index (χ1v) is 15.3. The first kappa shape index (κ1) is 30.7. The summed E-state index contributed by atoms with van der Waals surface area (Å²) in [5.74, 6) is -2.94. The molecule has 1 unspecified atom stereocenters. The van der Waals surface area contributed by atoms with Gasteiger partial charge in [0.15, 0.2) is 9.84 Å². The van der Waals surface area contributed by atoms with E-state index in [0.29, 0.717) is 25.9 Å². The van der Waals surface area contributed by atoms with E-state index >= 15 is 0 Å². The van der Waals surface area contributed by atoms with E-state index in [-0.39, 0.29) is 33.7 Å². The van der Waals surface area contributed by atoms with Crippen molar-refractivity contribution in [3.05, 3.63) is 100 Å². The third-order valence-corrected chi connectivity index (χ3v) is 9.06. The van der Waals surface area contributed by atoms with Gasteiger partial charge >= 0.3 is 5.97 Å². The lowest BCUT2D eigenvalue weighted by Gasteiger charge is -2.28. The van der Waals surface area contributed by atoms with Crippen molar-refractivity contribution in [3.8, 4) is 0 Å². The second kappa shape index (κ2) is 15.1. The summed E-state index contributed by atoms with van der Waals surface area (Å²) in [7, 11) is -3.94. The summed E-state index contributed by atoms with van der Waals surface area (Å²) >= 11 is 12.0. The fourth-order valence-corrected chi connectivity index (χ4v) is 6.40. The van der Waals surface area contributed by atoms with Crippen LogP contribution in [-0.2, 0) is 32.3 Å². The number of benzene rings is 3. The van der Waals surface area contributed by atoms with E-state index in [1.165, 1.54) is 18.2 Å². The number of aliphatic carboxylic acids is 1. The standard InChI is InChI=1S/C30H33Cl2NO5S/c31-27-17-16-26(21-28(27)32)39(37,38)22-25(15-18-29(34)35)30(36)33(19-7-13-23-9-3-1-4-10-23)20-8-14-24-11-5-2-6-12-24/h1-6,9-12,16-17,21,25H,7-8,13-15,18-20,22H2,(H,34,35). The van der Waals surface area contributed by atoms with Gasteiger partial charge in [-0.05, 0) is 61.4 Å². The van der Waals surface area contributed by atoms with Gasteiger partial charge in [0, 0.05) is 19.5 Å². The van der Waals surface area contributed by atoms with Gasteiger partial charge in [-0.1, -0.05) is 83.9 Å². The van der Waals surface area contributed by atoms with Gasteiger partial charge in [-0.25, -0.2) is 8.42 Å². The fraction of sp³-hybridized carbons (Fsp3) is 0.333. The zero-order valence-electron chi connectivity index (χ0n) is 21.6. The third kappa shape index (κ3) is 9.99. The zero-order chi connectivity index (χ0) is 28.3. The van der Waals surface area contributed by atoms with Crippen LogP contribution in [-0.4, -0.2) is 49.1 Å². The van der Waals surface area contributed by atoms with Gasteiger partial charge in [0.25, 0.3) is 0 Å². The maximum Gasteiger partial charge on any atom is 0.303 e. The molecule has 0 aliphatic carbocycles. The Labute approximate surface area is 240 Å². The molecule has 0 heterocycles. The highest BCUT2D eigenvalue weighted by Crippen LogP contribution is 2.27. The lowest BCUT2D eigenvalue weighted by atomic mass is 10.0. The second-order valence-corrected chi connectivity index (χ2v) is 12.3. The Morgan fingerprint density at radius 3 is 1.82 bits per heavy atom. The van der Waals surface area contributed by atoms with Gasteiger partial charge in [-0.2, -0.15) is 0 Å². The van der Waals surface area contributed by atoms with Crippen molar-refractivity contribution in [1.82, 2.24) is 4.90 Å². The molecule has 9 heteroatoms. The number of hydrogen-bond acceptors (Lipinski definition) is 4. The molecule has 0 saturated carbocycles. The molecule has 6 nitrogen and oxygen atoms in total. The molecule has 0 spiro atoms. The van der Waals surface area contributed by atoms with Crippen molar-refractivity contribution in [2.24, 2.45) is 5.92 Å². The lowest BCUT2D eigenvalue weighted by Crippen LogP contribution is -2.40. The highest BCUT2D eigenvalue weighted by atomic mass is 35.5. The van der Waals surface area contributed by atoms with Crippen LogP contribution < -0.4 is 0 Å². The number of carbonyl (C=O) groups is 2. The van der Waals surface area contributed by atoms with E-state index in [0.717, 1.165) is 24.0 Å². The van der Waals surface area contributed by atoms with E-state index in [1.54, 1.807) is 4.90 Å². The number of halogens is 2. The maximum atomic E-state index is 13.8. The van der Waals surface area contributed by atoms with Gasteiger partial charge in [0.2, 0.25) is 5.91 Å². The predicted molar refractivity (Wildman–Crippen MR) is 155 cm³/mol. The number of aryl methyl sites for hydroxylation is 2. The van der Waals surface area contributed by atoms with Gasteiger partial charge in [-0.3, -0.25) is 9.59 Å². The van der Waals surface area contributed by atoms with E-state index in [1.807, 2.05) is 60.7 Å². The molecule has 0 aliphatic rings. The number of carboxylic acid groups (broad SMARTS) is 1. The molecule has 0 aliphatic heterocycles. The smallest absolute Gasteiger partial charge is 0.303 e. The fourth-order valence-electron chi connectivity index (χ4n) is 4.44. The van der Waals surface area contributed by atoms with E-state index in [4.69, 9.17) is 23.2 Å². The summed E-state index contributed by atoms with van der Waals surface area (Å²) < 4.78 is 26.5. The average Bonchev–Trinajstić information content (AvgIpc) is 2.92. The molecule has 0 saturated heterocycles. The van der Waals surface area contributed by atoms with Crippen LogP contribution in [0.25, 0.3) is 0 Å². The number of carboxylic acids is 1. The molecule has 208 valence electrons. The van der Waals surface area contributed by atoms with E-state index in [9.17, 15) is 23.1 Å². The van der Waals surface area contributed by atoms with Crippen molar-refractivity contribution in [2.75, 3.05) is 18.8 Å². The van der Waals surface area contributed by atoms with Gasteiger partial charge in [0.05, 0.1) is 26.6 Å². The minimum Gasteiger partial charge on any atom is -0.481 e. The number of sulfone groups is 1. The molecule has 39 heavy (non-hydrogen) atoms. The van der Waals surface area contributed by atoms with E-state index < -0.39 is 27.5 Å². The largest absolute Gasteiger partial charge is 0.481 e.